The molecule has 0 fully saturated rings. The lowest BCUT2D eigenvalue weighted by Crippen LogP contribution is -2.25. The highest BCUT2D eigenvalue weighted by Gasteiger charge is 2.10. The van der Waals surface area contributed by atoms with E-state index in [1.807, 2.05) is 24.3 Å². The molecule has 4 nitrogen and oxygen atoms in total. The fraction of sp³-hybridized carbons (Fsp3) is 0.235. The second-order valence-electron chi connectivity index (χ2n) is 4.63. The predicted molar refractivity (Wildman–Crippen MR) is 94.1 cm³/mol. The Morgan fingerprint density at radius 1 is 1.09 bits per heavy atom. The lowest BCUT2D eigenvalue weighted by Gasteiger charge is -2.10. The average Bonchev–Trinajstić information content (AvgIpc) is 2.59. The molecule has 0 saturated carbocycles. The van der Waals surface area contributed by atoms with Gasteiger partial charge in [0.25, 0.3) is 5.91 Å². The lowest BCUT2D eigenvalue weighted by atomic mass is 10.2. The minimum atomic E-state index is -0.136. The lowest BCUT2D eigenvalue weighted by molar-refractivity contribution is 0.0956. The number of halogens is 1. The van der Waals surface area contributed by atoms with E-state index in [2.05, 4.69) is 5.32 Å². The Hall–Kier alpha value is -1.85. The minimum absolute atomic E-state index is 0.136. The van der Waals surface area contributed by atoms with E-state index < -0.39 is 0 Å². The number of hydrogen-bond acceptors (Lipinski definition) is 4. The first-order chi connectivity index (χ1) is 11.1. The number of nitrogens with one attached hydrogen (secondary N) is 1. The highest BCUT2D eigenvalue weighted by Crippen LogP contribution is 2.27. The SMILES string of the molecule is COc1ccc(C(=O)NCCSc2ccc(Cl)cc2)cc1OC. The van der Waals surface area contributed by atoms with Crippen molar-refractivity contribution in [2.45, 2.75) is 4.90 Å². The van der Waals surface area contributed by atoms with Crippen LogP contribution in [0.5, 0.6) is 11.5 Å². The number of rotatable bonds is 7. The third-order valence-electron chi connectivity index (χ3n) is 3.12. The van der Waals surface area contributed by atoms with Gasteiger partial charge in [-0.15, -0.1) is 11.8 Å². The van der Waals surface area contributed by atoms with Gasteiger partial charge in [-0.3, -0.25) is 4.79 Å². The maximum Gasteiger partial charge on any atom is 0.251 e. The van der Waals surface area contributed by atoms with E-state index in [9.17, 15) is 4.79 Å². The van der Waals surface area contributed by atoms with E-state index >= 15 is 0 Å². The van der Waals surface area contributed by atoms with Gasteiger partial charge in [0.1, 0.15) is 0 Å². The topological polar surface area (TPSA) is 47.6 Å². The van der Waals surface area contributed by atoms with Crippen LogP contribution in [-0.2, 0) is 0 Å². The fourth-order valence-electron chi connectivity index (χ4n) is 1.94. The van der Waals surface area contributed by atoms with Crippen molar-refractivity contribution in [2.24, 2.45) is 0 Å². The summed E-state index contributed by atoms with van der Waals surface area (Å²) in [6.45, 7) is 0.570. The number of benzene rings is 2. The van der Waals surface area contributed by atoms with Crippen LogP contribution in [0.2, 0.25) is 5.02 Å². The Morgan fingerprint density at radius 3 is 2.43 bits per heavy atom. The number of carbonyl (C=O) groups excluding carboxylic acids is 1. The molecule has 0 bridgehead atoms. The summed E-state index contributed by atoms with van der Waals surface area (Å²) >= 11 is 7.51. The van der Waals surface area contributed by atoms with Crippen LogP contribution in [0.15, 0.2) is 47.4 Å². The first kappa shape index (κ1) is 17.5. The number of methoxy groups -OCH3 is 2. The molecule has 0 aliphatic heterocycles. The van der Waals surface area contributed by atoms with Crippen LogP contribution in [0, 0.1) is 0 Å². The van der Waals surface area contributed by atoms with Crippen molar-refractivity contribution in [3.63, 3.8) is 0 Å². The van der Waals surface area contributed by atoms with Crippen molar-refractivity contribution >= 4 is 29.3 Å². The molecule has 0 aliphatic carbocycles. The Bertz CT molecular complexity index is 661. The Balaban J connectivity index is 1.83. The van der Waals surface area contributed by atoms with Gasteiger partial charge in [-0.05, 0) is 42.5 Å². The maximum atomic E-state index is 12.1. The molecular formula is C17H18ClNO3S. The van der Waals surface area contributed by atoms with Crippen LogP contribution in [0.3, 0.4) is 0 Å². The summed E-state index contributed by atoms with van der Waals surface area (Å²) < 4.78 is 10.4. The number of carbonyl (C=O) groups is 1. The van der Waals surface area contributed by atoms with Gasteiger partial charge in [0.2, 0.25) is 0 Å². The zero-order chi connectivity index (χ0) is 16.7. The number of ether oxygens (including phenoxy) is 2. The van der Waals surface area contributed by atoms with Crippen molar-refractivity contribution in [3.8, 4) is 11.5 Å². The van der Waals surface area contributed by atoms with Gasteiger partial charge in [-0.2, -0.15) is 0 Å². The quantitative estimate of drug-likeness (QED) is 0.607. The van der Waals surface area contributed by atoms with E-state index in [1.54, 1.807) is 44.2 Å². The second kappa shape index (κ2) is 8.70. The first-order valence-electron chi connectivity index (χ1n) is 7.02. The van der Waals surface area contributed by atoms with Crippen molar-refractivity contribution in [2.75, 3.05) is 26.5 Å². The van der Waals surface area contributed by atoms with Crippen LogP contribution in [0.4, 0.5) is 0 Å². The Kier molecular flexibility index (Phi) is 6.62. The van der Waals surface area contributed by atoms with Gasteiger partial charge < -0.3 is 14.8 Å². The highest BCUT2D eigenvalue weighted by molar-refractivity contribution is 7.99. The second-order valence-corrected chi connectivity index (χ2v) is 6.23. The van der Waals surface area contributed by atoms with Gasteiger partial charge in [-0.25, -0.2) is 0 Å². The van der Waals surface area contributed by atoms with E-state index in [0.717, 1.165) is 15.7 Å². The largest absolute Gasteiger partial charge is 0.493 e. The zero-order valence-corrected chi connectivity index (χ0v) is 14.5. The van der Waals surface area contributed by atoms with Crippen LogP contribution >= 0.6 is 23.4 Å². The molecule has 2 rings (SSSR count). The molecular weight excluding hydrogens is 334 g/mol. The normalized spacial score (nSPS) is 10.2. The van der Waals surface area contributed by atoms with Crippen LogP contribution in [-0.4, -0.2) is 32.4 Å². The molecule has 0 unspecified atom stereocenters. The van der Waals surface area contributed by atoms with Gasteiger partial charge in [0, 0.05) is 27.8 Å². The number of amides is 1. The molecule has 0 atom stereocenters. The van der Waals surface area contributed by atoms with Crippen molar-refractivity contribution in [3.05, 3.63) is 53.1 Å². The summed E-state index contributed by atoms with van der Waals surface area (Å²) in [6.07, 6.45) is 0. The summed E-state index contributed by atoms with van der Waals surface area (Å²) in [5, 5.41) is 3.61. The molecule has 6 heteroatoms. The monoisotopic (exact) mass is 351 g/mol. The molecule has 23 heavy (non-hydrogen) atoms. The number of thioether (sulfide) groups is 1. The molecule has 0 spiro atoms. The van der Waals surface area contributed by atoms with Gasteiger partial charge in [-0.1, -0.05) is 11.6 Å². The standard InChI is InChI=1S/C17H18ClNO3S/c1-21-15-8-3-12(11-16(15)22-2)17(20)19-9-10-23-14-6-4-13(18)5-7-14/h3-8,11H,9-10H2,1-2H3,(H,19,20). The van der Waals surface area contributed by atoms with E-state index in [0.29, 0.717) is 23.6 Å². The van der Waals surface area contributed by atoms with Gasteiger partial charge in [0.15, 0.2) is 11.5 Å². The third kappa shape index (κ3) is 5.08. The molecule has 1 N–H and O–H groups in total. The molecule has 0 heterocycles. The van der Waals surface area contributed by atoms with E-state index in [1.165, 1.54) is 0 Å². The van der Waals surface area contributed by atoms with Crippen LogP contribution in [0.1, 0.15) is 10.4 Å². The molecule has 1 amide bonds. The van der Waals surface area contributed by atoms with Crippen molar-refractivity contribution in [1.82, 2.24) is 5.32 Å². The zero-order valence-electron chi connectivity index (χ0n) is 13.0. The predicted octanol–water partition coefficient (Wildman–Crippen LogP) is 3.88. The molecule has 0 saturated heterocycles. The van der Waals surface area contributed by atoms with Crippen molar-refractivity contribution < 1.29 is 14.3 Å². The first-order valence-corrected chi connectivity index (χ1v) is 8.39. The van der Waals surface area contributed by atoms with Crippen LogP contribution < -0.4 is 14.8 Å². The molecule has 0 aromatic heterocycles. The minimum Gasteiger partial charge on any atom is -0.493 e. The summed E-state index contributed by atoms with van der Waals surface area (Å²) in [5.74, 6) is 1.78. The Morgan fingerprint density at radius 2 is 1.78 bits per heavy atom. The Labute approximate surface area is 145 Å². The van der Waals surface area contributed by atoms with E-state index in [4.69, 9.17) is 21.1 Å². The van der Waals surface area contributed by atoms with Crippen molar-refractivity contribution in [1.29, 1.82) is 0 Å². The smallest absolute Gasteiger partial charge is 0.251 e. The summed E-state index contributed by atoms with van der Waals surface area (Å²) in [7, 11) is 3.11. The molecule has 2 aromatic carbocycles. The molecule has 122 valence electrons. The number of hydrogen-bond donors (Lipinski definition) is 1. The maximum absolute atomic E-state index is 12.1. The molecule has 2 aromatic rings. The highest BCUT2D eigenvalue weighted by atomic mass is 35.5. The van der Waals surface area contributed by atoms with Crippen LogP contribution in [0.25, 0.3) is 0 Å². The van der Waals surface area contributed by atoms with Gasteiger partial charge in [0.05, 0.1) is 14.2 Å². The molecule has 0 aliphatic rings. The summed E-state index contributed by atoms with van der Waals surface area (Å²) in [4.78, 5) is 13.3. The van der Waals surface area contributed by atoms with Gasteiger partial charge >= 0.3 is 0 Å². The fourth-order valence-corrected chi connectivity index (χ4v) is 2.84. The van der Waals surface area contributed by atoms with E-state index in [-0.39, 0.29) is 5.91 Å². The summed E-state index contributed by atoms with van der Waals surface area (Å²) in [5.41, 5.74) is 0.541. The third-order valence-corrected chi connectivity index (χ3v) is 4.38. The summed E-state index contributed by atoms with van der Waals surface area (Å²) in [6, 6.07) is 12.7. The average molecular weight is 352 g/mol. The molecule has 0 radical (unpaired) electrons.